The highest BCUT2D eigenvalue weighted by atomic mass is 16.3. The Morgan fingerprint density at radius 1 is 1.73 bits per heavy atom. The summed E-state index contributed by atoms with van der Waals surface area (Å²) in [4.78, 5) is 2.28. The van der Waals surface area contributed by atoms with Crippen molar-refractivity contribution in [3.63, 3.8) is 0 Å². The van der Waals surface area contributed by atoms with Crippen LogP contribution in [0.15, 0.2) is 0 Å². The first-order valence-electron chi connectivity index (χ1n) is 4.34. The average Bonchev–Trinajstić information content (AvgIpc) is 2.34. The summed E-state index contributed by atoms with van der Waals surface area (Å²) in [6, 6.07) is 0.600. The first-order valence-corrected chi connectivity index (χ1v) is 4.34. The smallest absolute Gasteiger partial charge is 0.0586 e. The minimum atomic E-state index is 0.224. The van der Waals surface area contributed by atoms with Crippen molar-refractivity contribution in [2.75, 3.05) is 19.7 Å². The van der Waals surface area contributed by atoms with Gasteiger partial charge < -0.3 is 10.8 Å². The van der Waals surface area contributed by atoms with Gasteiger partial charge in [0.2, 0.25) is 0 Å². The van der Waals surface area contributed by atoms with Gasteiger partial charge in [-0.15, -0.1) is 0 Å². The molecule has 0 aromatic rings. The van der Waals surface area contributed by atoms with Crippen molar-refractivity contribution in [2.24, 2.45) is 5.73 Å². The van der Waals surface area contributed by atoms with Gasteiger partial charge in [0.1, 0.15) is 0 Å². The average molecular weight is 158 g/mol. The third kappa shape index (κ3) is 2.43. The van der Waals surface area contributed by atoms with E-state index >= 15 is 0 Å². The number of nitrogens with zero attached hydrogens (tertiary/aromatic N) is 1. The van der Waals surface area contributed by atoms with Crippen LogP contribution in [0.25, 0.3) is 0 Å². The number of hydrogen-bond donors (Lipinski definition) is 2. The number of likely N-dealkylation sites (tertiary alicyclic amines) is 1. The lowest BCUT2D eigenvalue weighted by atomic mass is 10.2. The number of rotatable bonds is 3. The zero-order chi connectivity index (χ0) is 8.27. The summed E-state index contributed by atoms with van der Waals surface area (Å²) in [6.07, 6.45) is 2.33. The molecule has 11 heavy (non-hydrogen) atoms. The van der Waals surface area contributed by atoms with Crippen molar-refractivity contribution < 1.29 is 5.11 Å². The van der Waals surface area contributed by atoms with Gasteiger partial charge in [0, 0.05) is 18.6 Å². The highest BCUT2D eigenvalue weighted by Gasteiger charge is 2.23. The van der Waals surface area contributed by atoms with E-state index in [1.165, 1.54) is 6.42 Å². The lowest BCUT2D eigenvalue weighted by Gasteiger charge is -2.24. The Kier molecular flexibility index (Phi) is 3.30. The van der Waals surface area contributed by atoms with Crippen LogP contribution in [0.2, 0.25) is 0 Å². The molecule has 3 heteroatoms. The van der Waals surface area contributed by atoms with Gasteiger partial charge in [-0.3, -0.25) is 4.90 Å². The highest BCUT2D eigenvalue weighted by molar-refractivity contribution is 4.79. The molecule has 66 valence electrons. The van der Waals surface area contributed by atoms with Crippen molar-refractivity contribution in [2.45, 2.75) is 31.8 Å². The molecule has 0 spiro atoms. The topological polar surface area (TPSA) is 49.5 Å². The highest BCUT2D eigenvalue weighted by Crippen LogP contribution is 2.15. The fraction of sp³-hybridized carbons (Fsp3) is 1.00. The molecule has 1 saturated heterocycles. The SMILES string of the molecule is C[C@@H](N)CN1CCC[C@@H]1CO. The summed E-state index contributed by atoms with van der Waals surface area (Å²) >= 11 is 0. The summed E-state index contributed by atoms with van der Waals surface area (Å²) in [5, 5.41) is 8.97. The van der Waals surface area contributed by atoms with Gasteiger partial charge in [-0.1, -0.05) is 0 Å². The molecule has 1 fully saturated rings. The van der Waals surface area contributed by atoms with E-state index in [0.29, 0.717) is 6.04 Å². The molecule has 2 atom stereocenters. The van der Waals surface area contributed by atoms with Crippen molar-refractivity contribution in [1.82, 2.24) is 4.90 Å². The molecule has 1 aliphatic rings. The van der Waals surface area contributed by atoms with Gasteiger partial charge in [-0.2, -0.15) is 0 Å². The molecule has 0 aliphatic carbocycles. The second kappa shape index (κ2) is 4.04. The van der Waals surface area contributed by atoms with Gasteiger partial charge >= 0.3 is 0 Å². The maximum atomic E-state index is 8.97. The molecule has 0 radical (unpaired) electrons. The van der Waals surface area contributed by atoms with Crippen LogP contribution in [-0.4, -0.2) is 41.8 Å². The summed E-state index contributed by atoms with van der Waals surface area (Å²) < 4.78 is 0. The van der Waals surface area contributed by atoms with Crippen LogP contribution < -0.4 is 5.73 Å². The first-order chi connectivity index (χ1) is 5.24. The molecular weight excluding hydrogens is 140 g/mol. The third-order valence-electron chi connectivity index (χ3n) is 2.23. The number of aliphatic hydroxyl groups excluding tert-OH is 1. The van der Waals surface area contributed by atoms with E-state index < -0.39 is 0 Å². The van der Waals surface area contributed by atoms with E-state index in [4.69, 9.17) is 10.8 Å². The minimum absolute atomic E-state index is 0.224. The van der Waals surface area contributed by atoms with Crippen LogP contribution in [-0.2, 0) is 0 Å². The Labute approximate surface area is 68.2 Å². The predicted molar refractivity (Wildman–Crippen MR) is 45.3 cm³/mol. The Morgan fingerprint density at radius 2 is 2.45 bits per heavy atom. The minimum Gasteiger partial charge on any atom is -0.395 e. The first kappa shape index (κ1) is 8.97. The van der Waals surface area contributed by atoms with Crippen molar-refractivity contribution in [1.29, 1.82) is 0 Å². The van der Waals surface area contributed by atoms with Gasteiger partial charge in [0.05, 0.1) is 6.61 Å². The Morgan fingerprint density at radius 3 is 3.00 bits per heavy atom. The lowest BCUT2D eigenvalue weighted by Crippen LogP contribution is -2.40. The van der Waals surface area contributed by atoms with Crippen LogP contribution in [0.4, 0.5) is 0 Å². The lowest BCUT2D eigenvalue weighted by molar-refractivity contribution is 0.154. The van der Waals surface area contributed by atoms with Gasteiger partial charge in [0.25, 0.3) is 0 Å². The van der Waals surface area contributed by atoms with E-state index in [9.17, 15) is 0 Å². The Bertz CT molecular complexity index is 117. The maximum Gasteiger partial charge on any atom is 0.0586 e. The van der Waals surface area contributed by atoms with Gasteiger partial charge in [-0.05, 0) is 26.3 Å². The molecule has 0 aromatic heterocycles. The Hall–Kier alpha value is -0.120. The monoisotopic (exact) mass is 158 g/mol. The largest absolute Gasteiger partial charge is 0.395 e. The molecule has 0 saturated carbocycles. The van der Waals surface area contributed by atoms with Crippen molar-refractivity contribution in [3.05, 3.63) is 0 Å². The quantitative estimate of drug-likeness (QED) is 0.597. The van der Waals surface area contributed by atoms with Gasteiger partial charge in [-0.25, -0.2) is 0 Å². The second-order valence-corrected chi connectivity index (χ2v) is 3.45. The molecule has 0 amide bonds. The van der Waals surface area contributed by atoms with Crippen LogP contribution in [0.5, 0.6) is 0 Å². The standard InChI is InChI=1S/C8H18N2O/c1-7(9)5-10-4-2-3-8(10)6-11/h7-8,11H,2-6,9H2,1H3/t7-,8-/m1/s1. The van der Waals surface area contributed by atoms with Crippen molar-refractivity contribution in [3.8, 4) is 0 Å². The van der Waals surface area contributed by atoms with Crippen LogP contribution in [0, 0.1) is 0 Å². The molecule has 3 nitrogen and oxygen atoms in total. The van der Waals surface area contributed by atoms with E-state index in [0.717, 1.165) is 19.5 Å². The summed E-state index contributed by atoms with van der Waals surface area (Å²) in [5.74, 6) is 0. The summed E-state index contributed by atoms with van der Waals surface area (Å²) in [5.41, 5.74) is 5.67. The molecule has 1 rings (SSSR count). The van der Waals surface area contributed by atoms with Crippen molar-refractivity contribution >= 4 is 0 Å². The molecule has 0 aromatic carbocycles. The molecular formula is C8H18N2O. The molecule has 1 heterocycles. The molecule has 3 N–H and O–H groups in total. The zero-order valence-electron chi connectivity index (χ0n) is 7.16. The van der Waals surface area contributed by atoms with Crippen LogP contribution in [0.1, 0.15) is 19.8 Å². The maximum absolute atomic E-state index is 8.97. The number of hydrogen-bond acceptors (Lipinski definition) is 3. The molecule has 0 bridgehead atoms. The third-order valence-corrected chi connectivity index (χ3v) is 2.23. The van der Waals surface area contributed by atoms with E-state index in [1.807, 2.05) is 6.92 Å². The Balaban J connectivity index is 2.31. The summed E-state index contributed by atoms with van der Waals surface area (Å²) in [6.45, 7) is 4.32. The summed E-state index contributed by atoms with van der Waals surface area (Å²) in [7, 11) is 0. The number of nitrogens with two attached hydrogens (primary N) is 1. The fourth-order valence-corrected chi connectivity index (χ4v) is 1.71. The molecule has 0 unspecified atom stereocenters. The van der Waals surface area contributed by atoms with E-state index in [-0.39, 0.29) is 12.6 Å². The fourth-order valence-electron chi connectivity index (χ4n) is 1.71. The number of aliphatic hydroxyl groups is 1. The molecule has 1 aliphatic heterocycles. The second-order valence-electron chi connectivity index (χ2n) is 3.45. The van der Waals surface area contributed by atoms with Crippen LogP contribution >= 0.6 is 0 Å². The predicted octanol–water partition coefficient (Wildman–Crippen LogP) is -0.210. The van der Waals surface area contributed by atoms with Gasteiger partial charge in [0.15, 0.2) is 0 Å². The van der Waals surface area contributed by atoms with Crippen LogP contribution in [0.3, 0.4) is 0 Å². The van der Waals surface area contributed by atoms with E-state index in [2.05, 4.69) is 4.90 Å². The van der Waals surface area contributed by atoms with E-state index in [1.54, 1.807) is 0 Å². The normalized spacial score (nSPS) is 29.2. The zero-order valence-corrected chi connectivity index (χ0v) is 7.16.